The van der Waals surface area contributed by atoms with Crippen LogP contribution in [0.4, 0.5) is 5.69 Å². The Bertz CT molecular complexity index is 1220. The van der Waals surface area contributed by atoms with Gasteiger partial charge in [-0.15, -0.1) is 4.59 Å². The van der Waals surface area contributed by atoms with Gasteiger partial charge in [-0.25, -0.2) is 4.98 Å². The molecule has 5 rings (SSSR count). The van der Waals surface area contributed by atoms with Crippen LogP contribution in [-0.4, -0.2) is 35.0 Å². The molecule has 7 nitrogen and oxygen atoms in total. The van der Waals surface area contributed by atoms with Crippen molar-refractivity contribution in [3.63, 3.8) is 0 Å². The van der Waals surface area contributed by atoms with Crippen LogP contribution in [0.3, 0.4) is 0 Å². The molecule has 0 aliphatic carbocycles. The molecule has 2 atom stereocenters. The molecule has 1 saturated heterocycles. The van der Waals surface area contributed by atoms with Crippen molar-refractivity contribution in [2.75, 3.05) is 13.7 Å². The molecule has 32 heavy (non-hydrogen) atoms. The first-order valence-electron chi connectivity index (χ1n) is 10.5. The zero-order valence-electron chi connectivity index (χ0n) is 17.6. The third kappa shape index (κ3) is 3.56. The molecule has 2 aromatic carbocycles. The van der Waals surface area contributed by atoms with E-state index in [1.165, 1.54) is 5.56 Å². The Hall–Kier alpha value is -2.87. The lowest BCUT2D eigenvalue weighted by Crippen LogP contribution is -2.49. The van der Waals surface area contributed by atoms with Crippen LogP contribution >= 0.6 is 23.2 Å². The van der Waals surface area contributed by atoms with Gasteiger partial charge in [-0.05, 0) is 48.1 Å². The van der Waals surface area contributed by atoms with Gasteiger partial charge < -0.3 is 15.0 Å². The van der Waals surface area contributed by atoms with E-state index in [-0.39, 0.29) is 10.5 Å². The number of nitrogens with zero attached hydrogens (tertiary/aromatic N) is 5. The molecule has 2 N–H and O–H groups in total. The molecule has 3 aromatic rings. The van der Waals surface area contributed by atoms with Crippen LogP contribution in [0.1, 0.15) is 30.7 Å². The molecule has 2 aliphatic heterocycles. The number of fused-ring (bicyclic) bond motifs is 1. The molecular weight excluding hydrogens is 447 g/mol. The average molecular weight is 470 g/mol. The summed E-state index contributed by atoms with van der Waals surface area (Å²) < 4.78 is 7.82. The summed E-state index contributed by atoms with van der Waals surface area (Å²) in [6.07, 6.45) is 6.46. The van der Waals surface area contributed by atoms with Gasteiger partial charge in [-0.1, -0.05) is 35.3 Å². The fourth-order valence-corrected chi connectivity index (χ4v) is 4.91. The van der Waals surface area contributed by atoms with Gasteiger partial charge >= 0.3 is 0 Å². The van der Waals surface area contributed by atoms with Crippen molar-refractivity contribution in [3.05, 3.63) is 70.7 Å². The van der Waals surface area contributed by atoms with Crippen molar-refractivity contribution >= 4 is 40.7 Å². The molecular formula is C23H23Cl2N6O+. The third-order valence-corrected chi connectivity index (χ3v) is 6.56. The first-order valence-corrected chi connectivity index (χ1v) is 11.2. The predicted molar refractivity (Wildman–Crippen MR) is 129 cm³/mol. The number of hydrogen-bond acceptors (Lipinski definition) is 5. The summed E-state index contributed by atoms with van der Waals surface area (Å²) in [6, 6.07) is 14.0. The molecule has 1 fully saturated rings. The number of hydrogen-bond donors (Lipinski definition) is 1. The minimum absolute atomic E-state index is 0.0951. The zero-order chi connectivity index (χ0) is 22.3. The topological polar surface area (TPSA) is 77.8 Å². The monoisotopic (exact) mass is 469 g/mol. The van der Waals surface area contributed by atoms with Crippen LogP contribution in [-0.2, 0) is 0 Å². The van der Waals surface area contributed by atoms with Crippen molar-refractivity contribution in [1.82, 2.24) is 14.1 Å². The maximum absolute atomic E-state index is 6.19. The van der Waals surface area contributed by atoms with Gasteiger partial charge in [0.1, 0.15) is 23.8 Å². The maximum atomic E-state index is 6.19. The first-order chi connectivity index (χ1) is 15.5. The molecule has 9 heteroatoms. The lowest BCUT2D eigenvalue weighted by Gasteiger charge is -2.30. The Morgan fingerprint density at radius 3 is 2.66 bits per heavy atom. The molecule has 0 bridgehead atoms. The smallest absolute Gasteiger partial charge is 0.279 e. The predicted octanol–water partition coefficient (Wildman–Crippen LogP) is 5.10. The summed E-state index contributed by atoms with van der Waals surface area (Å²) in [5.74, 6) is 2.02. The van der Waals surface area contributed by atoms with Crippen LogP contribution in [0.15, 0.2) is 65.1 Å². The largest absolute Gasteiger partial charge is 0.494 e. The van der Waals surface area contributed by atoms with Crippen LogP contribution in [0.5, 0.6) is 5.75 Å². The highest BCUT2D eigenvalue weighted by molar-refractivity contribution is 6.30. The molecule has 0 radical (unpaired) electrons. The molecule has 2 aliphatic rings. The normalized spacial score (nSPS) is 22.7. The Morgan fingerprint density at radius 2 is 1.94 bits per heavy atom. The van der Waals surface area contributed by atoms with Gasteiger partial charge in [0.25, 0.3) is 5.96 Å². The standard InChI is InChI=1S/C23H23Cl2N6O/c1-32-20-12-17(9-10-19(20)30-13-21(25)27-14-30)31-11-3-2-4-18(22(31)28-23(26)29-31)15-5-7-16(24)8-6-15/h5-10,12-14,18H,2-4,11H2,1H3,(H2,26,29)/q+1. The lowest BCUT2D eigenvalue weighted by molar-refractivity contribution is 0.404. The first kappa shape index (κ1) is 21.0. The fraction of sp³-hybridized carbons (Fsp3) is 0.261. The van der Waals surface area contributed by atoms with Crippen molar-refractivity contribution in [2.24, 2.45) is 15.8 Å². The van der Waals surface area contributed by atoms with Gasteiger partial charge in [0, 0.05) is 23.4 Å². The molecule has 3 heterocycles. The summed E-state index contributed by atoms with van der Waals surface area (Å²) in [6.45, 7) is 0.781. The SMILES string of the molecule is COc1cc([N+]23CCCCC(c4ccc(Cl)cc4)C2=NC(N)=N3)ccc1-n1cnc(Cl)c1. The molecule has 164 valence electrons. The van der Waals surface area contributed by atoms with E-state index in [1.54, 1.807) is 19.6 Å². The number of halogens is 2. The van der Waals surface area contributed by atoms with Gasteiger partial charge in [0.15, 0.2) is 5.69 Å². The number of benzene rings is 2. The maximum Gasteiger partial charge on any atom is 0.279 e. The van der Waals surface area contributed by atoms with Crippen molar-refractivity contribution < 1.29 is 4.74 Å². The van der Waals surface area contributed by atoms with Gasteiger partial charge in [-0.2, -0.15) is 4.99 Å². The van der Waals surface area contributed by atoms with Crippen LogP contribution in [0.25, 0.3) is 5.69 Å². The van der Waals surface area contributed by atoms with E-state index in [9.17, 15) is 0 Å². The Labute approximate surface area is 196 Å². The quantitative estimate of drug-likeness (QED) is 0.539. The summed E-state index contributed by atoms with van der Waals surface area (Å²) >= 11 is 12.2. The van der Waals surface area contributed by atoms with Gasteiger partial charge in [0.2, 0.25) is 5.84 Å². The van der Waals surface area contributed by atoms with E-state index in [2.05, 4.69) is 17.1 Å². The summed E-state index contributed by atoms with van der Waals surface area (Å²) in [5.41, 5.74) is 9.16. The number of imidazole rings is 1. The van der Waals surface area contributed by atoms with E-state index >= 15 is 0 Å². The zero-order valence-corrected chi connectivity index (χ0v) is 19.1. The second-order valence-corrected chi connectivity index (χ2v) is 8.80. The fourth-order valence-electron chi connectivity index (χ4n) is 4.64. The Balaban J connectivity index is 1.62. The number of quaternary nitrogens is 1. The second kappa shape index (κ2) is 8.24. The molecule has 0 amide bonds. The van der Waals surface area contributed by atoms with Crippen molar-refractivity contribution in [1.29, 1.82) is 0 Å². The van der Waals surface area contributed by atoms with E-state index in [1.807, 2.05) is 34.9 Å². The van der Waals surface area contributed by atoms with Crippen LogP contribution < -0.4 is 15.1 Å². The molecule has 2 unspecified atom stereocenters. The highest BCUT2D eigenvalue weighted by atomic mass is 35.5. The molecule has 1 aromatic heterocycles. The van der Waals surface area contributed by atoms with E-state index < -0.39 is 0 Å². The highest BCUT2D eigenvalue weighted by Crippen LogP contribution is 2.42. The van der Waals surface area contributed by atoms with E-state index in [4.69, 9.17) is 43.8 Å². The van der Waals surface area contributed by atoms with Crippen molar-refractivity contribution in [3.8, 4) is 11.4 Å². The minimum atomic E-state index is 0.0951. The number of aromatic nitrogens is 2. The summed E-state index contributed by atoms with van der Waals surface area (Å²) in [5, 5.41) is 5.99. The Morgan fingerprint density at radius 1 is 1.12 bits per heavy atom. The van der Waals surface area contributed by atoms with E-state index in [0.29, 0.717) is 21.9 Å². The third-order valence-electron chi connectivity index (χ3n) is 6.11. The number of amidine groups is 1. The molecule has 0 saturated carbocycles. The second-order valence-electron chi connectivity index (χ2n) is 7.98. The van der Waals surface area contributed by atoms with Crippen LogP contribution in [0, 0.1) is 0 Å². The minimum Gasteiger partial charge on any atom is -0.494 e. The van der Waals surface area contributed by atoms with Gasteiger partial charge in [-0.3, -0.25) is 0 Å². The number of rotatable bonds is 4. The average Bonchev–Trinajstić information content (AvgIpc) is 3.32. The number of methoxy groups -OCH3 is 1. The summed E-state index contributed by atoms with van der Waals surface area (Å²) in [7, 11) is 1.65. The van der Waals surface area contributed by atoms with Crippen LogP contribution in [0.2, 0.25) is 10.2 Å². The number of ether oxygens (including phenoxy) is 1. The number of aliphatic imine (C=N–C) groups is 1. The van der Waals surface area contributed by atoms with Gasteiger partial charge in [0.05, 0.1) is 18.7 Å². The Kier molecular flexibility index (Phi) is 5.41. The number of nitrogens with two attached hydrogens (primary N) is 1. The molecule has 0 spiro atoms. The highest BCUT2D eigenvalue weighted by Gasteiger charge is 2.48. The summed E-state index contributed by atoms with van der Waals surface area (Å²) in [4.78, 5) is 8.86. The number of guanidine groups is 1. The lowest BCUT2D eigenvalue weighted by atomic mass is 9.92. The van der Waals surface area contributed by atoms with Crippen molar-refractivity contribution in [2.45, 2.75) is 25.2 Å². The van der Waals surface area contributed by atoms with E-state index in [0.717, 1.165) is 43.0 Å².